The zero-order valence-corrected chi connectivity index (χ0v) is 15.3. The Morgan fingerprint density at radius 3 is 2.82 bits per heavy atom. The van der Waals surface area contributed by atoms with E-state index in [1.54, 1.807) is 29.9 Å². The molecule has 0 spiro atoms. The van der Waals surface area contributed by atoms with Crippen molar-refractivity contribution >= 4 is 18.0 Å². The summed E-state index contributed by atoms with van der Waals surface area (Å²) in [5, 5.41) is 10.7. The molecule has 28 heavy (non-hydrogen) atoms. The standard InChI is InChI=1S/C20H20N4O4/c1-15(18-8-5-11-27-18)21-19(25)14-28-20(26)10-9-17-13-24(23-22-17)12-16-6-3-2-4-7-16/h2-11,13,15H,12,14H2,1H3,(H,21,25)/b10-9+/t15-/m0/s1. The van der Waals surface area contributed by atoms with Gasteiger partial charge in [-0.15, -0.1) is 5.10 Å². The van der Waals surface area contributed by atoms with E-state index in [4.69, 9.17) is 9.15 Å². The van der Waals surface area contributed by atoms with Crippen LogP contribution in [0.2, 0.25) is 0 Å². The summed E-state index contributed by atoms with van der Waals surface area (Å²) < 4.78 is 11.8. The van der Waals surface area contributed by atoms with Crippen molar-refractivity contribution in [1.29, 1.82) is 0 Å². The Labute approximate surface area is 161 Å². The van der Waals surface area contributed by atoms with Gasteiger partial charge in [-0.1, -0.05) is 35.5 Å². The Bertz CT molecular complexity index is 932. The number of hydrogen-bond donors (Lipinski definition) is 1. The zero-order valence-electron chi connectivity index (χ0n) is 15.3. The van der Waals surface area contributed by atoms with Crippen LogP contribution in [0.15, 0.2) is 65.4 Å². The van der Waals surface area contributed by atoms with Gasteiger partial charge in [0.15, 0.2) is 6.61 Å². The van der Waals surface area contributed by atoms with Crippen molar-refractivity contribution in [3.8, 4) is 0 Å². The van der Waals surface area contributed by atoms with Crippen molar-refractivity contribution < 1.29 is 18.7 Å². The largest absolute Gasteiger partial charge is 0.467 e. The molecule has 8 nitrogen and oxygen atoms in total. The first-order valence-corrected chi connectivity index (χ1v) is 8.72. The number of aromatic nitrogens is 3. The van der Waals surface area contributed by atoms with Gasteiger partial charge in [0.2, 0.25) is 0 Å². The van der Waals surface area contributed by atoms with Crippen LogP contribution in [0, 0.1) is 0 Å². The summed E-state index contributed by atoms with van der Waals surface area (Å²) in [6, 6.07) is 13.0. The molecule has 0 aliphatic rings. The minimum absolute atomic E-state index is 0.309. The molecule has 3 aromatic rings. The molecule has 2 heterocycles. The number of furan rings is 1. The minimum Gasteiger partial charge on any atom is -0.467 e. The Morgan fingerprint density at radius 1 is 1.25 bits per heavy atom. The molecule has 0 aliphatic heterocycles. The quantitative estimate of drug-likeness (QED) is 0.476. The number of nitrogens with zero attached hydrogens (tertiary/aromatic N) is 3. The van der Waals surface area contributed by atoms with Gasteiger partial charge in [0.25, 0.3) is 5.91 Å². The van der Waals surface area contributed by atoms with Gasteiger partial charge in [-0.25, -0.2) is 9.48 Å². The van der Waals surface area contributed by atoms with E-state index in [9.17, 15) is 9.59 Å². The van der Waals surface area contributed by atoms with Gasteiger partial charge in [-0.2, -0.15) is 0 Å². The van der Waals surface area contributed by atoms with E-state index in [0.29, 0.717) is 18.0 Å². The first kappa shape index (κ1) is 19.1. The van der Waals surface area contributed by atoms with Gasteiger partial charge in [-0.3, -0.25) is 4.79 Å². The smallest absolute Gasteiger partial charge is 0.331 e. The fourth-order valence-corrected chi connectivity index (χ4v) is 2.47. The molecule has 0 aliphatic carbocycles. The third-order valence-corrected chi connectivity index (χ3v) is 3.83. The van der Waals surface area contributed by atoms with Crippen LogP contribution < -0.4 is 5.32 Å². The monoisotopic (exact) mass is 380 g/mol. The van der Waals surface area contributed by atoms with Gasteiger partial charge < -0.3 is 14.5 Å². The lowest BCUT2D eigenvalue weighted by molar-refractivity contribution is -0.144. The van der Waals surface area contributed by atoms with Crippen molar-refractivity contribution in [1.82, 2.24) is 20.3 Å². The van der Waals surface area contributed by atoms with Crippen LogP contribution in [0.4, 0.5) is 0 Å². The normalized spacial score (nSPS) is 12.0. The van der Waals surface area contributed by atoms with Gasteiger partial charge in [0.05, 0.1) is 25.0 Å². The highest BCUT2D eigenvalue weighted by Crippen LogP contribution is 2.11. The van der Waals surface area contributed by atoms with Crippen LogP contribution in [0.1, 0.15) is 30.0 Å². The van der Waals surface area contributed by atoms with Gasteiger partial charge >= 0.3 is 5.97 Å². The molecular weight excluding hydrogens is 360 g/mol. The molecule has 2 aromatic heterocycles. The van der Waals surface area contributed by atoms with Crippen molar-refractivity contribution in [2.75, 3.05) is 6.61 Å². The van der Waals surface area contributed by atoms with Gasteiger partial charge in [-0.05, 0) is 30.7 Å². The lowest BCUT2D eigenvalue weighted by Crippen LogP contribution is -2.30. The Morgan fingerprint density at radius 2 is 2.07 bits per heavy atom. The van der Waals surface area contributed by atoms with E-state index in [1.165, 1.54) is 18.4 Å². The van der Waals surface area contributed by atoms with E-state index in [1.807, 2.05) is 30.3 Å². The lowest BCUT2D eigenvalue weighted by atomic mass is 10.2. The SMILES string of the molecule is C[C@H](NC(=O)COC(=O)/C=C/c1cn(Cc2ccccc2)nn1)c1ccco1. The maximum atomic E-state index is 11.8. The highest BCUT2D eigenvalue weighted by Gasteiger charge is 2.12. The first-order chi connectivity index (χ1) is 13.6. The molecule has 0 saturated heterocycles. The van der Waals surface area contributed by atoms with E-state index in [2.05, 4.69) is 15.6 Å². The maximum Gasteiger partial charge on any atom is 0.331 e. The average molecular weight is 380 g/mol. The van der Waals surface area contributed by atoms with Crippen LogP contribution in [-0.2, 0) is 20.9 Å². The molecule has 1 amide bonds. The lowest BCUT2D eigenvalue weighted by Gasteiger charge is -2.10. The first-order valence-electron chi connectivity index (χ1n) is 8.72. The second-order valence-electron chi connectivity index (χ2n) is 6.07. The van der Waals surface area contributed by atoms with Crippen molar-refractivity contribution in [2.24, 2.45) is 0 Å². The van der Waals surface area contributed by atoms with Crippen molar-refractivity contribution in [2.45, 2.75) is 19.5 Å². The average Bonchev–Trinajstić information content (AvgIpc) is 3.38. The number of amides is 1. The predicted octanol–water partition coefficient (Wildman–Crippen LogP) is 2.35. The molecule has 3 rings (SSSR count). The molecule has 0 bridgehead atoms. The number of rotatable bonds is 8. The summed E-state index contributed by atoms with van der Waals surface area (Å²) in [6.45, 7) is 1.98. The summed E-state index contributed by atoms with van der Waals surface area (Å²) in [5.41, 5.74) is 1.61. The third kappa shape index (κ3) is 5.66. The van der Waals surface area contributed by atoms with Crippen LogP contribution in [-0.4, -0.2) is 33.5 Å². The third-order valence-electron chi connectivity index (χ3n) is 3.83. The molecule has 1 atom stereocenters. The second-order valence-corrected chi connectivity index (χ2v) is 6.07. The van der Waals surface area contributed by atoms with E-state index in [0.717, 1.165) is 5.56 Å². The number of ether oxygens (including phenoxy) is 1. The number of carbonyl (C=O) groups excluding carboxylic acids is 2. The summed E-state index contributed by atoms with van der Waals surface area (Å²) >= 11 is 0. The van der Waals surface area contributed by atoms with Crippen LogP contribution in [0.3, 0.4) is 0 Å². The van der Waals surface area contributed by atoms with Crippen LogP contribution in [0.5, 0.6) is 0 Å². The molecule has 0 radical (unpaired) electrons. The van der Waals surface area contributed by atoms with Crippen molar-refractivity contribution in [3.63, 3.8) is 0 Å². The Hall–Kier alpha value is -3.68. The van der Waals surface area contributed by atoms with E-state index < -0.39 is 11.9 Å². The van der Waals surface area contributed by atoms with Crippen LogP contribution in [0.25, 0.3) is 6.08 Å². The van der Waals surface area contributed by atoms with Crippen LogP contribution >= 0.6 is 0 Å². The Kier molecular flexibility index (Phi) is 6.35. The molecule has 1 aromatic carbocycles. The van der Waals surface area contributed by atoms with Gasteiger partial charge in [0, 0.05) is 6.08 Å². The number of esters is 1. The number of hydrogen-bond acceptors (Lipinski definition) is 6. The molecule has 8 heteroatoms. The number of nitrogens with one attached hydrogen (secondary N) is 1. The fraction of sp³-hybridized carbons (Fsp3) is 0.200. The highest BCUT2D eigenvalue weighted by molar-refractivity contribution is 5.89. The Balaban J connectivity index is 1.43. The molecule has 1 N–H and O–H groups in total. The number of benzene rings is 1. The van der Waals surface area contributed by atoms with Crippen molar-refractivity contribution in [3.05, 3.63) is 78.0 Å². The van der Waals surface area contributed by atoms with Gasteiger partial charge in [0.1, 0.15) is 11.5 Å². The molecule has 144 valence electrons. The molecule has 0 unspecified atom stereocenters. The predicted molar refractivity (Wildman–Crippen MR) is 101 cm³/mol. The zero-order chi connectivity index (χ0) is 19.8. The summed E-state index contributed by atoms with van der Waals surface area (Å²) in [6.07, 6.45) is 5.94. The molecule has 0 fully saturated rings. The number of carbonyl (C=O) groups is 2. The minimum atomic E-state index is -0.640. The topological polar surface area (TPSA) is 99.2 Å². The van der Waals surface area contributed by atoms with E-state index >= 15 is 0 Å². The highest BCUT2D eigenvalue weighted by atomic mass is 16.5. The second kappa shape index (κ2) is 9.31. The summed E-state index contributed by atoms with van der Waals surface area (Å²) in [5.74, 6) is -0.434. The maximum absolute atomic E-state index is 11.8. The molecule has 0 saturated carbocycles. The summed E-state index contributed by atoms with van der Waals surface area (Å²) in [4.78, 5) is 23.6. The summed E-state index contributed by atoms with van der Waals surface area (Å²) in [7, 11) is 0. The molecular formula is C20H20N4O4. The van der Waals surface area contributed by atoms with E-state index in [-0.39, 0.29) is 12.6 Å². The fourth-order valence-electron chi connectivity index (χ4n) is 2.47.